The van der Waals surface area contributed by atoms with Crippen molar-refractivity contribution in [2.24, 2.45) is 0 Å². The standard InChI is InChI=1S/C13H19ClN4O2/c14-11-15-12(18-6-2-1-3-7-18)17-13(16-11)20-10-4-8-19-9-5-10/h10H,1-9H2. The zero-order chi connectivity index (χ0) is 13.8. The van der Waals surface area contributed by atoms with Crippen molar-refractivity contribution in [3.8, 4) is 6.01 Å². The lowest BCUT2D eigenvalue weighted by atomic mass is 10.1. The van der Waals surface area contributed by atoms with Gasteiger partial charge in [-0.2, -0.15) is 15.0 Å². The molecule has 1 aromatic rings. The van der Waals surface area contributed by atoms with Crippen LogP contribution in [0, 0.1) is 0 Å². The highest BCUT2D eigenvalue weighted by atomic mass is 35.5. The fraction of sp³-hybridized carbons (Fsp3) is 0.769. The summed E-state index contributed by atoms with van der Waals surface area (Å²) in [5.41, 5.74) is 0. The number of hydrogen-bond donors (Lipinski definition) is 0. The zero-order valence-corrected chi connectivity index (χ0v) is 12.2. The summed E-state index contributed by atoms with van der Waals surface area (Å²) in [7, 11) is 0. The Hall–Kier alpha value is -1.14. The summed E-state index contributed by atoms with van der Waals surface area (Å²) >= 11 is 5.99. The molecule has 2 fully saturated rings. The van der Waals surface area contributed by atoms with Crippen molar-refractivity contribution in [3.05, 3.63) is 5.28 Å². The van der Waals surface area contributed by atoms with Crippen LogP contribution in [-0.2, 0) is 4.74 Å². The van der Waals surface area contributed by atoms with E-state index >= 15 is 0 Å². The quantitative estimate of drug-likeness (QED) is 0.851. The average Bonchev–Trinajstić information content (AvgIpc) is 2.49. The van der Waals surface area contributed by atoms with Gasteiger partial charge < -0.3 is 14.4 Å². The summed E-state index contributed by atoms with van der Waals surface area (Å²) in [5, 5.41) is 0.197. The van der Waals surface area contributed by atoms with Crippen LogP contribution in [0.25, 0.3) is 0 Å². The Morgan fingerprint density at radius 1 is 1.05 bits per heavy atom. The van der Waals surface area contributed by atoms with Gasteiger partial charge in [0.25, 0.3) is 0 Å². The number of hydrogen-bond acceptors (Lipinski definition) is 6. The van der Waals surface area contributed by atoms with Crippen molar-refractivity contribution in [1.82, 2.24) is 15.0 Å². The van der Waals surface area contributed by atoms with Gasteiger partial charge in [-0.3, -0.25) is 0 Å². The van der Waals surface area contributed by atoms with Crippen molar-refractivity contribution in [1.29, 1.82) is 0 Å². The number of anilines is 1. The summed E-state index contributed by atoms with van der Waals surface area (Å²) in [5.74, 6) is 0.631. The molecule has 2 saturated heterocycles. The van der Waals surface area contributed by atoms with E-state index in [-0.39, 0.29) is 11.4 Å². The molecule has 0 aliphatic carbocycles. The first kappa shape index (κ1) is 13.8. The summed E-state index contributed by atoms with van der Waals surface area (Å²) in [6.07, 6.45) is 5.43. The molecule has 2 aliphatic rings. The maximum Gasteiger partial charge on any atom is 0.322 e. The highest BCUT2D eigenvalue weighted by Gasteiger charge is 2.20. The van der Waals surface area contributed by atoms with Gasteiger partial charge >= 0.3 is 6.01 Å². The first-order chi connectivity index (χ1) is 9.81. The molecule has 6 nitrogen and oxygen atoms in total. The molecule has 1 aromatic heterocycles. The van der Waals surface area contributed by atoms with E-state index in [0.29, 0.717) is 12.0 Å². The third kappa shape index (κ3) is 3.49. The van der Waals surface area contributed by atoms with Gasteiger partial charge in [0.1, 0.15) is 6.10 Å². The predicted molar refractivity (Wildman–Crippen MR) is 75.4 cm³/mol. The minimum Gasteiger partial charge on any atom is -0.460 e. The van der Waals surface area contributed by atoms with Gasteiger partial charge in [0.05, 0.1) is 13.2 Å². The molecule has 2 aliphatic heterocycles. The van der Waals surface area contributed by atoms with Crippen LogP contribution in [0.3, 0.4) is 0 Å². The Balaban J connectivity index is 1.71. The van der Waals surface area contributed by atoms with Crippen molar-refractivity contribution in [2.75, 3.05) is 31.2 Å². The van der Waals surface area contributed by atoms with Crippen LogP contribution >= 0.6 is 11.6 Å². The molecule has 0 N–H and O–H groups in total. The van der Waals surface area contributed by atoms with Gasteiger partial charge in [0.2, 0.25) is 11.2 Å². The summed E-state index contributed by atoms with van der Waals surface area (Å²) < 4.78 is 11.1. The van der Waals surface area contributed by atoms with Crippen LogP contribution in [0.4, 0.5) is 5.95 Å². The Bertz CT molecular complexity index is 448. The molecule has 3 rings (SSSR count). The van der Waals surface area contributed by atoms with Crippen LogP contribution in [-0.4, -0.2) is 47.4 Å². The first-order valence-corrected chi connectivity index (χ1v) is 7.60. The summed E-state index contributed by atoms with van der Waals surface area (Å²) in [6, 6.07) is 0.331. The number of piperidine rings is 1. The van der Waals surface area contributed by atoms with E-state index in [0.717, 1.165) is 39.1 Å². The van der Waals surface area contributed by atoms with Crippen LogP contribution in [0.5, 0.6) is 6.01 Å². The number of halogens is 1. The normalized spacial score (nSPS) is 20.9. The highest BCUT2D eigenvalue weighted by molar-refractivity contribution is 6.28. The van der Waals surface area contributed by atoms with Crippen LogP contribution < -0.4 is 9.64 Å². The van der Waals surface area contributed by atoms with E-state index in [1.165, 1.54) is 19.3 Å². The topological polar surface area (TPSA) is 60.4 Å². The largest absolute Gasteiger partial charge is 0.460 e. The molecule has 3 heterocycles. The summed E-state index contributed by atoms with van der Waals surface area (Å²) in [4.78, 5) is 14.8. The Kier molecular flexibility index (Phi) is 4.52. The second-order valence-electron chi connectivity index (χ2n) is 5.16. The smallest absolute Gasteiger partial charge is 0.322 e. The lowest BCUT2D eigenvalue weighted by Gasteiger charge is -2.27. The monoisotopic (exact) mass is 298 g/mol. The second-order valence-corrected chi connectivity index (χ2v) is 5.50. The minimum absolute atomic E-state index is 0.108. The maximum atomic E-state index is 5.99. The summed E-state index contributed by atoms with van der Waals surface area (Å²) in [6.45, 7) is 3.39. The fourth-order valence-corrected chi connectivity index (χ4v) is 2.70. The SMILES string of the molecule is Clc1nc(OC2CCOCC2)nc(N2CCCCC2)n1. The van der Waals surface area contributed by atoms with E-state index in [1.807, 2.05) is 0 Å². The van der Waals surface area contributed by atoms with Crippen LogP contribution in [0.15, 0.2) is 0 Å². The van der Waals surface area contributed by atoms with Gasteiger partial charge in [-0.25, -0.2) is 0 Å². The first-order valence-electron chi connectivity index (χ1n) is 7.22. The Morgan fingerprint density at radius 2 is 1.80 bits per heavy atom. The third-order valence-electron chi connectivity index (χ3n) is 3.66. The highest BCUT2D eigenvalue weighted by Crippen LogP contribution is 2.21. The number of rotatable bonds is 3. The average molecular weight is 299 g/mol. The van der Waals surface area contributed by atoms with E-state index < -0.39 is 0 Å². The van der Waals surface area contributed by atoms with Gasteiger partial charge in [-0.1, -0.05) is 0 Å². The molecule has 0 radical (unpaired) electrons. The van der Waals surface area contributed by atoms with Gasteiger partial charge in [0, 0.05) is 25.9 Å². The Morgan fingerprint density at radius 3 is 2.55 bits per heavy atom. The van der Waals surface area contributed by atoms with E-state index in [9.17, 15) is 0 Å². The van der Waals surface area contributed by atoms with E-state index in [4.69, 9.17) is 21.1 Å². The number of nitrogens with zero attached hydrogens (tertiary/aromatic N) is 4. The number of aromatic nitrogens is 3. The number of ether oxygens (including phenoxy) is 2. The second kappa shape index (κ2) is 6.54. The molecule has 0 saturated carbocycles. The molecule has 110 valence electrons. The molecule has 0 bridgehead atoms. The van der Waals surface area contributed by atoms with Gasteiger partial charge in [0.15, 0.2) is 0 Å². The van der Waals surface area contributed by atoms with Crippen molar-refractivity contribution >= 4 is 17.5 Å². The third-order valence-corrected chi connectivity index (χ3v) is 3.82. The maximum absolute atomic E-state index is 5.99. The molecule has 20 heavy (non-hydrogen) atoms. The molecule has 0 unspecified atom stereocenters. The van der Waals surface area contributed by atoms with E-state index in [2.05, 4.69) is 19.9 Å². The molecule has 0 atom stereocenters. The van der Waals surface area contributed by atoms with Crippen LogP contribution in [0.2, 0.25) is 5.28 Å². The lowest BCUT2D eigenvalue weighted by Crippen LogP contribution is -2.32. The fourth-order valence-electron chi connectivity index (χ4n) is 2.55. The molecule has 7 heteroatoms. The van der Waals surface area contributed by atoms with Gasteiger partial charge in [-0.15, -0.1) is 0 Å². The molecular weight excluding hydrogens is 280 g/mol. The minimum atomic E-state index is 0.108. The van der Waals surface area contributed by atoms with E-state index in [1.54, 1.807) is 0 Å². The molecular formula is C13H19ClN4O2. The van der Waals surface area contributed by atoms with Gasteiger partial charge in [-0.05, 0) is 30.9 Å². The van der Waals surface area contributed by atoms with Crippen molar-refractivity contribution in [3.63, 3.8) is 0 Å². The Labute approximate surface area is 123 Å². The predicted octanol–water partition coefficient (Wildman–Crippen LogP) is 2.07. The molecule has 0 amide bonds. The molecule has 0 aromatic carbocycles. The van der Waals surface area contributed by atoms with Crippen LogP contribution in [0.1, 0.15) is 32.1 Å². The van der Waals surface area contributed by atoms with Crippen molar-refractivity contribution in [2.45, 2.75) is 38.2 Å². The lowest BCUT2D eigenvalue weighted by molar-refractivity contribution is 0.0216. The van der Waals surface area contributed by atoms with Crippen molar-refractivity contribution < 1.29 is 9.47 Å². The molecule has 0 spiro atoms. The zero-order valence-electron chi connectivity index (χ0n) is 11.4.